The summed E-state index contributed by atoms with van der Waals surface area (Å²) in [5, 5.41) is 7.56. The number of anilines is 1. The molecule has 0 saturated carbocycles. The van der Waals surface area contributed by atoms with Gasteiger partial charge in [0, 0.05) is 17.5 Å². The molecule has 17 heavy (non-hydrogen) atoms. The lowest BCUT2D eigenvalue weighted by Crippen LogP contribution is -1.97. The normalized spacial score (nSPS) is 10.9. The van der Waals surface area contributed by atoms with Crippen LogP contribution in [0.2, 0.25) is 0 Å². The van der Waals surface area contributed by atoms with E-state index in [1.807, 2.05) is 19.1 Å². The first-order chi connectivity index (χ1) is 8.24. The number of nitrogen functional groups attached to an aromatic ring is 1. The molecule has 3 heterocycles. The Morgan fingerprint density at radius 3 is 2.82 bits per heavy atom. The smallest absolute Gasteiger partial charge is 0.222 e. The molecule has 0 aliphatic carbocycles. The summed E-state index contributed by atoms with van der Waals surface area (Å²) in [5.74, 6) is 0.220. The molecular weight excluding hydrogens is 216 g/mol. The second kappa shape index (κ2) is 3.51. The molecule has 3 aromatic rings. The van der Waals surface area contributed by atoms with E-state index in [0.29, 0.717) is 5.65 Å². The first-order valence-corrected chi connectivity index (χ1v) is 5.13. The fourth-order valence-electron chi connectivity index (χ4n) is 1.68. The summed E-state index contributed by atoms with van der Waals surface area (Å²) in [4.78, 5) is 12.6. The number of aromatic nitrogens is 5. The number of aryl methyl sites for hydroxylation is 1. The Hall–Kier alpha value is -2.50. The minimum absolute atomic E-state index is 0.220. The molecule has 0 bridgehead atoms. The van der Waals surface area contributed by atoms with Gasteiger partial charge in [0.05, 0.1) is 17.3 Å². The van der Waals surface area contributed by atoms with E-state index in [1.54, 1.807) is 12.4 Å². The van der Waals surface area contributed by atoms with Crippen LogP contribution in [0.1, 0.15) is 5.69 Å². The molecule has 3 N–H and O–H groups in total. The highest BCUT2D eigenvalue weighted by molar-refractivity contribution is 5.90. The van der Waals surface area contributed by atoms with Crippen molar-refractivity contribution in [3.8, 4) is 11.3 Å². The van der Waals surface area contributed by atoms with Crippen LogP contribution < -0.4 is 5.73 Å². The fourth-order valence-corrected chi connectivity index (χ4v) is 1.68. The molecule has 0 radical (unpaired) electrons. The maximum Gasteiger partial charge on any atom is 0.222 e. The second-order valence-corrected chi connectivity index (χ2v) is 3.75. The third-order valence-corrected chi connectivity index (χ3v) is 2.51. The van der Waals surface area contributed by atoms with E-state index in [2.05, 4.69) is 25.1 Å². The molecule has 6 nitrogen and oxygen atoms in total. The van der Waals surface area contributed by atoms with Gasteiger partial charge in [-0.25, -0.2) is 4.98 Å². The van der Waals surface area contributed by atoms with Gasteiger partial charge in [-0.15, -0.1) is 0 Å². The number of hydrogen-bond donors (Lipinski definition) is 2. The van der Waals surface area contributed by atoms with E-state index in [4.69, 9.17) is 5.73 Å². The van der Waals surface area contributed by atoms with Crippen molar-refractivity contribution in [2.24, 2.45) is 0 Å². The predicted octanol–water partition coefficient (Wildman–Crippen LogP) is 1.31. The average molecular weight is 226 g/mol. The lowest BCUT2D eigenvalue weighted by atomic mass is 10.1. The Morgan fingerprint density at radius 2 is 2.06 bits per heavy atom. The number of nitrogens with zero attached hydrogens (tertiary/aromatic N) is 4. The van der Waals surface area contributed by atoms with Gasteiger partial charge < -0.3 is 5.73 Å². The van der Waals surface area contributed by atoms with Crippen LogP contribution in [0.4, 0.5) is 5.95 Å². The molecule has 0 unspecified atom stereocenters. The lowest BCUT2D eigenvalue weighted by molar-refractivity contribution is 1.09. The van der Waals surface area contributed by atoms with Crippen molar-refractivity contribution >= 4 is 17.0 Å². The van der Waals surface area contributed by atoms with Gasteiger partial charge in [0.15, 0.2) is 5.65 Å². The molecule has 3 aromatic heterocycles. The number of nitrogens with one attached hydrogen (secondary N) is 1. The standard InChI is InChI=1S/C11H10N6/c1-6-2-3-7(4-13-6)9-8-5-14-17-10(8)16-11(12)15-9/h2-5H,1H3,(H3,12,14,15,16,17). The average Bonchev–Trinajstić information content (AvgIpc) is 2.77. The molecule has 0 aromatic carbocycles. The van der Waals surface area contributed by atoms with Gasteiger partial charge in [0.25, 0.3) is 0 Å². The van der Waals surface area contributed by atoms with Crippen LogP contribution in [0.15, 0.2) is 24.5 Å². The predicted molar refractivity (Wildman–Crippen MR) is 64.1 cm³/mol. The zero-order valence-electron chi connectivity index (χ0n) is 9.18. The molecule has 0 aliphatic rings. The number of hydrogen-bond acceptors (Lipinski definition) is 5. The summed E-state index contributed by atoms with van der Waals surface area (Å²) >= 11 is 0. The summed E-state index contributed by atoms with van der Waals surface area (Å²) in [5.41, 5.74) is 8.89. The van der Waals surface area contributed by atoms with E-state index < -0.39 is 0 Å². The zero-order chi connectivity index (χ0) is 11.8. The Balaban J connectivity index is 2.28. The molecule has 0 spiro atoms. The Kier molecular flexibility index (Phi) is 2.01. The maximum atomic E-state index is 5.66. The van der Waals surface area contributed by atoms with Crippen LogP contribution in [0.3, 0.4) is 0 Å². The van der Waals surface area contributed by atoms with Crippen molar-refractivity contribution in [2.45, 2.75) is 6.92 Å². The van der Waals surface area contributed by atoms with E-state index >= 15 is 0 Å². The molecule has 0 aliphatic heterocycles. The van der Waals surface area contributed by atoms with Crippen LogP contribution in [0.5, 0.6) is 0 Å². The Labute approximate surface area is 96.9 Å². The van der Waals surface area contributed by atoms with Crippen LogP contribution in [0.25, 0.3) is 22.3 Å². The maximum absolute atomic E-state index is 5.66. The first kappa shape index (κ1) is 9.71. The first-order valence-electron chi connectivity index (χ1n) is 5.13. The quantitative estimate of drug-likeness (QED) is 0.652. The highest BCUT2D eigenvalue weighted by Crippen LogP contribution is 2.24. The topological polar surface area (TPSA) is 93.4 Å². The van der Waals surface area contributed by atoms with Gasteiger partial charge in [0.1, 0.15) is 0 Å². The van der Waals surface area contributed by atoms with Gasteiger partial charge in [-0.2, -0.15) is 10.1 Å². The van der Waals surface area contributed by atoms with Gasteiger partial charge in [0.2, 0.25) is 5.95 Å². The highest BCUT2D eigenvalue weighted by atomic mass is 15.2. The van der Waals surface area contributed by atoms with Crippen molar-refractivity contribution in [3.05, 3.63) is 30.2 Å². The SMILES string of the molecule is Cc1ccc(-c2nc(N)nc3[nH]ncc23)cn1. The summed E-state index contributed by atoms with van der Waals surface area (Å²) in [6.07, 6.45) is 3.45. The summed E-state index contributed by atoms with van der Waals surface area (Å²) in [7, 11) is 0. The van der Waals surface area contributed by atoms with E-state index in [1.165, 1.54) is 0 Å². The molecule has 0 saturated heterocycles. The largest absolute Gasteiger partial charge is 0.368 e. The summed E-state index contributed by atoms with van der Waals surface area (Å²) < 4.78 is 0. The minimum Gasteiger partial charge on any atom is -0.368 e. The number of nitrogens with two attached hydrogens (primary N) is 1. The van der Waals surface area contributed by atoms with Gasteiger partial charge >= 0.3 is 0 Å². The second-order valence-electron chi connectivity index (χ2n) is 3.75. The highest BCUT2D eigenvalue weighted by Gasteiger charge is 2.10. The third-order valence-electron chi connectivity index (χ3n) is 2.51. The number of fused-ring (bicyclic) bond motifs is 1. The van der Waals surface area contributed by atoms with E-state index in [0.717, 1.165) is 22.3 Å². The molecule has 0 amide bonds. The number of H-pyrrole nitrogens is 1. The van der Waals surface area contributed by atoms with Gasteiger partial charge in [-0.05, 0) is 19.1 Å². The number of rotatable bonds is 1. The molecule has 0 atom stereocenters. The van der Waals surface area contributed by atoms with Crippen molar-refractivity contribution in [1.29, 1.82) is 0 Å². The summed E-state index contributed by atoms with van der Waals surface area (Å²) in [6, 6.07) is 3.89. The lowest BCUT2D eigenvalue weighted by Gasteiger charge is -2.03. The summed E-state index contributed by atoms with van der Waals surface area (Å²) in [6.45, 7) is 1.94. The van der Waals surface area contributed by atoms with Crippen LogP contribution in [-0.2, 0) is 0 Å². The monoisotopic (exact) mass is 226 g/mol. The van der Waals surface area contributed by atoms with Crippen LogP contribution in [-0.4, -0.2) is 25.1 Å². The van der Waals surface area contributed by atoms with Gasteiger partial charge in [-0.3, -0.25) is 10.1 Å². The van der Waals surface area contributed by atoms with Gasteiger partial charge in [-0.1, -0.05) is 0 Å². The Morgan fingerprint density at radius 1 is 1.18 bits per heavy atom. The molecule has 84 valence electrons. The third kappa shape index (κ3) is 1.59. The van der Waals surface area contributed by atoms with Crippen molar-refractivity contribution < 1.29 is 0 Å². The van der Waals surface area contributed by atoms with Crippen molar-refractivity contribution in [1.82, 2.24) is 25.1 Å². The Bertz CT molecular complexity index is 670. The zero-order valence-corrected chi connectivity index (χ0v) is 9.18. The molecular formula is C11H10N6. The molecule has 6 heteroatoms. The van der Waals surface area contributed by atoms with Crippen LogP contribution in [0, 0.1) is 6.92 Å². The number of pyridine rings is 1. The van der Waals surface area contributed by atoms with Crippen LogP contribution >= 0.6 is 0 Å². The minimum atomic E-state index is 0.220. The molecule has 0 fully saturated rings. The number of aromatic amines is 1. The van der Waals surface area contributed by atoms with E-state index in [-0.39, 0.29) is 5.95 Å². The molecule has 3 rings (SSSR count). The van der Waals surface area contributed by atoms with E-state index in [9.17, 15) is 0 Å². The van der Waals surface area contributed by atoms with Crippen molar-refractivity contribution in [2.75, 3.05) is 5.73 Å². The fraction of sp³-hybridized carbons (Fsp3) is 0.0909. The van der Waals surface area contributed by atoms with Crippen molar-refractivity contribution in [3.63, 3.8) is 0 Å².